The first-order valence-corrected chi connectivity index (χ1v) is 10.1. The normalized spacial score (nSPS) is 21.2. The molecule has 1 amide bonds. The van der Waals surface area contributed by atoms with Crippen molar-refractivity contribution in [3.63, 3.8) is 0 Å². The van der Waals surface area contributed by atoms with E-state index in [0.29, 0.717) is 34.1 Å². The molecule has 0 saturated heterocycles. The predicted molar refractivity (Wildman–Crippen MR) is 112 cm³/mol. The standard InChI is InChI=1S/C22H25ClN4O3/c1-21(2)19(27-18(29)14-11-25-17(7-8-28)26-12-14)22(3,4)20(21)30-15-6-5-13(10-24)16(23)9-15/h5-6,9,11-12,19-20,28H,7-8H2,1-4H3,(H,27,29). The maximum Gasteiger partial charge on any atom is 0.254 e. The maximum absolute atomic E-state index is 12.7. The van der Waals surface area contributed by atoms with Crippen LogP contribution in [0.25, 0.3) is 0 Å². The largest absolute Gasteiger partial charge is 0.489 e. The van der Waals surface area contributed by atoms with E-state index >= 15 is 0 Å². The minimum Gasteiger partial charge on any atom is -0.489 e. The van der Waals surface area contributed by atoms with Gasteiger partial charge >= 0.3 is 0 Å². The Hall–Kier alpha value is -2.69. The number of hydrogen-bond donors (Lipinski definition) is 2. The Morgan fingerprint density at radius 2 is 1.90 bits per heavy atom. The van der Waals surface area contributed by atoms with Gasteiger partial charge in [0.05, 0.1) is 22.8 Å². The van der Waals surface area contributed by atoms with Crippen molar-refractivity contribution in [2.45, 2.75) is 46.3 Å². The number of benzene rings is 1. The molecule has 1 aromatic carbocycles. The molecule has 0 bridgehead atoms. The lowest BCUT2D eigenvalue weighted by Gasteiger charge is -2.63. The number of ether oxygens (including phenoxy) is 1. The van der Waals surface area contributed by atoms with Gasteiger partial charge in [0.25, 0.3) is 5.91 Å². The highest BCUT2D eigenvalue weighted by Crippen LogP contribution is 2.55. The second kappa shape index (κ2) is 8.21. The number of aliphatic hydroxyl groups is 1. The summed E-state index contributed by atoms with van der Waals surface area (Å²) in [7, 11) is 0. The topological polar surface area (TPSA) is 108 Å². The third kappa shape index (κ3) is 3.98. The van der Waals surface area contributed by atoms with Crippen LogP contribution in [0.5, 0.6) is 5.75 Å². The third-order valence-electron chi connectivity index (χ3n) is 5.73. The number of halogens is 1. The molecule has 1 heterocycles. The summed E-state index contributed by atoms with van der Waals surface area (Å²) in [5.74, 6) is 0.826. The minimum atomic E-state index is -0.350. The molecule has 8 heteroatoms. The number of hydrogen-bond acceptors (Lipinski definition) is 6. The van der Waals surface area contributed by atoms with Crippen LogP contribution in [0.15, 0.2) is 30.6 Å². The van der Waals surface area contributed by atoms with Crippen molar-refractivity contribution in [1.82, 2.24) is 15.3 Å². The van der Waals surface area contributed by atoms with Crippen LogP contribution in [0, 0.1) is 22.2 Å². The van der Waals surface area contributed by atoms with E-state index in [1.54, 1.807) is 18.2 Å². The van der Waals surface area contributed by atoms with E-state index in [1.807, 2.05) is 33.8 Å². The molecule has 1 aromatic heterocycles. The minimum absolute atomic E-state index is 0.0398. The fourth-order valence-corrected chi connectivity index (χ4v) is 4.72. The van der Waals surface area contributed by atoms with Crippen LogP contribution in [0.1, 0.15) is 49.4 Å². The Morgan fingerprint density at radius 3 is 2.43 bits per heavy atom. The maximum atomic E-state index is 12.7. The molecule has 30 heavy (non-hydrogen) atoms. The first-order valence-electron chi connectivity index (χ1n) is 9.70. The molecule has 1 saturated carbocycles. The molecular formula is C22H25ClN4O3. The molecule has 0 unspecified atom stereocenters. The Labute approximate surface area is 181 Å². The van der Waals surface area contributed by atoms with Crippen LogP contribution < -0.4 is 10.1 Å². The summed E-state index contributed by atoms with van der Waals surface area (Å²) in [5, 5.41) is 21.4. The van der Waals surface area contributed by atoms with Gasteiger partial charge in [0, 0.05) is 41.8 Å². The number of nitrogens with one attached hydrogen (secondary N) is 1. The van der Waals surface area contributed by atoms with Crippen molar-refractivity contribution in [3.8, 4) is 11.8 Å². The zero-order valence-corrected chi connectivity index (χ0v) is 18.2. The molecular weight excluding hydrogens is 404 g/mol. The third-order valence-corrected chi connectivity index (χ3v) is 6.05. The number of carbonyl (C=O) groups excluding carboxylic acids is 1. The molecule has 0 spiro atoms. The zero-order chi connectivity index (χ0) is 22.1. The lowest BCUT2D eigenvalue weighted by molar-refractivity contribution is -0.164. The van der Waals surface area contributed by atoms with Crippen LogP contribution >= 0.6 is 11.6 Å². The van der Waals surface area contributed by atoms with Gasteiger partial charge in [-0.1, -0.05) is 39.3 Å². The highest BCUT2D eigenvalue weighted by molar-refractivity contribution is 6.31. The Kier molecular flexibility index (Phi) is 6.02. The molecule has 2 aromatic rings. The molecule has 0 radical (unpaired) electrons. The van der Waals surface area contributed by atoms with Gasteiger partial charge in [0.1, 0.15) is 23.7 Å². The Morgan fingerprint density at radius 1 is 1.27 bits per heavy atom. The average Bonchev–Trinajstić information content (AvgIpc) is 2.70. The van der Waals surface area contributed by atoms with Crippen molar-refractivity contribution in [2.24, 2.45) is 10.8 Å². The first-order chi connectivity index (χ1) is 14.1. The van der Waals surface area contributed by atoms with Gasteiger partial charge in [0.15, 0.2) is 0 Å². The number of nitrogens with zero attached hydrogens (tertiary/aromatic N) is 3. The molecule has 0 aliphatic heterocycles. The second-order valence-corrected chi connectivity index (χ2v) is 9.07. The molecule has 1 aliphatic rings. The van der Waals surface area contributed by atoms with E-state index in [4.69, 9.17) is 26.7 Å². The van der Waals surface area contributed by atoms with Crippen molar-refractivity contribution >= 4 is 17.5 Å². The van der Waals surface area contributed by atoms with Gasteiger partial charge in [-0.05, 0) is 12.1 Å². The van der Waals surface area contributed by atoms with E-state index in [0.717, 1.165) is 0 Å². The van der Waals surface area contributed by atoms with Crippen LogP contribution in [0.2, 0.25) is 5.02 Å². The highest BCUT2D eigenvalue weighted by Gasteiger charge is 2.64. The van der Waals surface area contributed by atoms with Crippen molar-refractivity contribution in [3.05, 3.63) is 52.6 Å². The number of aliphatic hydroxyl groups excluding tert-OH is 1. The van der Waals surface area contributed by atoms with E-state index in [2.05, 4.69) is 15.3 Å². The quantitative estimate of drug-likeness (QED) is 0.731. The smallest absolute Gasteiger partial charge is 0.254 e. The van der Waals surface area contributed by atoms with Gasteiger partial charge in [-0.25, -0.2) is 9.97 Å². The molecule has 3 rings (SSSR count). The second-order valence-electron chi connectivity index (χ2n) is 8.66. The summed E-state index contributed by atoms with van der Waals surface area (Å²) in [6, 6.07) is 6.90. The van der Waals surface area contributed by atoms with Gasteiger partial charge in [0.2, 0.25) is 0 Å². The zero-order valence-electron chi connectivity index (χ0n) is 17.4. The Bertz CT molecular complexity index is 967. The number of carbonyl (C=O) groups is 1. The summed E-state index contributed by atoms with van der Waals surface area (Å²) in [4.78, 5) is 21.0. The average molecular weight is 429 g/mol. The molecule has 158 valence electrons. The fraction of sp³-hybridized carbons (Fsp3) is 0.455. The molecule has 7 nitrogen and oxygen atoms in total. The van der Waals surface area contributed by atoms with Crippen molar-refractivity contribution in [2.75, 3.05) is 6.61 Å². The number of amides is 1. The van der Waals surface area contributed by atoms with Crippen molar-refractivity contribution < 1.29 is 14.6 Å². The summed E-state index contributed by atoms with van der Waals surface area (Å²) >= 11 is 6.13. The molecule has 2 N–H and O–H groups in total. The highest BCUT2D eigenvalue weighted by atomic mass is 35.5. The Balaban J connectivity index is 1.72. The number of rotatable bonds is 6. The SMILES string of the molecule is CC1(C)C(NC(=O)c2cnc(CCO)nc2)C(C)(C)C1Oc1ccc(C#N)c(Cl)c1. The van der Waals surface area contributed by atoms with E-state index in [-0.39, 0.29) is 35.5 Å². The van der Waals surface area contributed by atoms with Crippen LogP contribution in [-0.4, -0.2) is 39.7 Å². The summed E-state index contributed by atoms with van der Waals surface area (Å²) in [6.07, 6.45) is 3.11. The van der Waals surface area contributed by atoms with E-state index < -0.39 is 0 Å². The van der Waals surface area contributed by atoms with Gasteiger partial charge in [-0.15, -0.1) is 0 Å². The summed E-state index contributed by atoms with van der Waals surface area (Å²) < 4.78 is 6.23. The van der Waals surface area contributed by atoms with Gasteiger partial charge in [-0.3, -0.25) is 4.79 Å². The van der Waals surface area contributed by atoms with E-state index in [9.17, 15) is 4.79 Å². The van der Waals surface area contributed by atoms with Crippen LogP contribution in [0.4, 0.5) is 0 Å². The molecule has 0 atom stereocenters. The number of nitriles is 1. The van der Waals surface area contributed by atoms with Crippen LogP contribution in [-0.2, 0) is 6.42 Å². The monoisotopic (exact) mass is 428 g/mol. The number of aromatic nitrogens is 2. The molecule has 1 fully saturated rings. The van der Waals surface area contributed by atoms with Gasteiger partial charge < -0.3 is 15.2 Å². The van der Waals surface area contributed by atoms with E-state index in [1.165, 1.54) is 12.4 Å². The van der Waals surface area contributed by atoms with Crippen molar-refractivity contribution in [1.29, 1.82) is 5.26 Å². The summed E-state index contributed by atoms with van der Waals surface area (Å²) in [6.45, 7) is 8.13. The van der Waals surface area contributed by atoms with Gasteiger partial charge in [-0.2, -0.15) is 5.26 Å². The van der Waals surface area contributed by atoms with Crippen LogP contribution in [0.3, 0.4) is 0 Å². The lowest BCUT2D eigenvalue weighted by atomic mass is 9.49. The predicted octanol–water partition coefficient (Wildman–Crippen LogP) is 3.15. The lowest BCUT2D eigenvalue weighted by Crippen LogP contribution is -2.74. The first kappa shape index (κ1) is 22.0. The summed E-state index contributed by atoms with van der Waals surface area (Å²) in [5.41, 5.74) is 0.0640. The fourth-order valence-electron chi connectivity index (χ4n) is 4.51. The molecule has 1 aliphatic carbocycles.